The third kappa shape index (κ3) is 10.3. The zero-order valence-electron chi connectivity index (χ0n) is 18.3. The molecule has 6 heteroatoms. The Morgan fingerprint density at radius 2 is 1.73 bits per heavy atom. The average molecular weight is 432 g/mol. The lowest BCUT2D eigenvalue weighted by Crippen LogP contribution is -2.25. The largest absolute Gasteiger partial charge is 0.352 e. The monoisotopic (exact) mass is 431 g/mol. The van der Waals surface area contributed by atoms with E-state index in [0.717, 1.165) is 23.5 Å². The molecule has 0 spiro atoms. The molecule has 1 amide bonds. The van der Waals surface area contributed by atoms with Crippen molar-refractivity contribution in [2.24, 2.45) is 0 Å². The van der Waals surface area contributed by atoms with E-state index in [2.05, 4.69) is 17.2 Å². The summed E-state index contributed by atoms with van der Waals surface area (Å²) in [5.41, 5.74) is 1.54. The second kappa shape index (κ2) is 15.1. The van der Waals surface area contributed by atoms with Crippen LogP contribution >= 0.6 is 11.3 Å². The van der Waals surface area contributed by atoms with Crippen LogP contribution in [0.1, 0.15) is 92.1 Å². The van der Waals surface area contributed by atoms with Crippen molar-refractivity contribution in [3.8, 4) is 0 Å². The standard InChI is InChI=1S/C24H37N3O2S/c1-2-3-4-5-6-7-8-9-10-11-15-26-24(28)22-14-12-13-21(18-22)19-27(29)20-23-25-16-17-30-23/h12-14,16-18,29H,2-11,15,19-20H2,1H3,(H,26,28). The molecule has 0 unspecified atom stereocenters. The van der Waals surface area contributed by atoms with Crippen LogP contribution in [-0.4, -0.2) is 27.7 Å². The maximum atomic E-state index is 12.4. The number of carbonyl (C=O) groups excluding carboxylic acids is 1. The van der Waals surface area contributed by atoms with Gasteiger partial charge in [-0.3, -0.25) is 4.79 Å². The highest BCUT2D eigenvalue weighted by Crippen LogP contribution is 2.12. The van der Waals surface area contributed by atoms with Gasteiger partial charge in [0.1, 0.15) is 5.01 Å². The summed E-state index contributed by atoms with van der Waals surface area (Å²) in [6.45, 7) is 3.71. The molecule has 0 fully saturated rings. The number of unbranched alkanes of at least 4 members (excludes halogenated alkanes) is 9. The van der Waals surface area contributed by atoms with Gasteiger partial charge in [-0.25, -0.2) is 4.98 Å². The van der Waals surface area contributed by atoms with Gasteiger partial charge >= 0.3 is 0 Å². The Kier molecular flexibility index (Phi) is 12.3. The highest BCUT2D eigenvalue weighted by Gasteiger charge is 2.09. The molecular weight excluding hydrogens is 394 g/mol. The fourth-order valence-corrected chi connectivity index (χ4v) is 4.11. The number of benzene rings is 1. The van der Waals surface area contributed by atoms with Crippen LogP contribution < -0.4 is 5.32 Å². The summed E-state index contributed by atoms with van der Waals surface area (Å²) in [6.07, 6.45) is 14.6. The molecule has 2 rings (SSSR count). The molecule has 0 radical (unpaired) electrons. The maximum absolute atomic E-state index is 12.4. The lowest BCUT2D eigenvalue weighted by molar-refractivity contribution is -0.108. The molecule has 1 aromatic heterocycles. The van der Waals surface area contributed by atoms with Gasteiger partial charge < -0.3 is 10.5 Å². The maximum Gasteiger partial charge on any atom is 0.251 e. The third-order valence-corrected chi connectivity index (χ3v) is 5.94. The van der Waals surface area contributed by atoms with Crippen LogP contribution in [0.15, 0.2) is 35.8 Å². The van der Waals surface area contributed by atoms with E-state index in [4.69, 9.17) is 0 Å². The van der Waals surface area contributed by atoms with Crippen molar-refractivity contribution < 1.29 is 10.0 Å². The summed E-state index contributed by atoms with van der Waals surface area (Å²) in [5.74, 6) is -0.0443. The summed E-state index contributed by atoms with van der Waals surface area (Å²) in [4.78, 5) is 16.6. The highest BCUT2D eigenvalue weighted by molar-refractivity contribution is 7.09. The predicted octanol–water partition coefficient (Wildman–Crippen LogP) is 6.19. The van der Waals surface area contributed by atoms with E-state index >= 15 is 0 Å². The van der Waals surface area contributed by atoms with E-state index in [1.165, 1.54) is 74.2 Å². The first-order chi connectivity index (χ1) is 14.7. The molecule has 1 aromatic carbocycles. The molecule has 0 aliphatic rings. The Labute approximate surface area is 185 Å². The Morgan fingerprint density at radius 3 is 2.40 bits per heavy atom. The molecule has 166 valence electrons. The fourth-order valence-electron chi connectivity index (χ4n) is 3.48. The summed E-state index contributed by atoms with van der Waals surface area (Å²) in [7, 11) is 0. The number of aromatic nitrogens is 1. The van der Waals surface area contributed by atoms with E-state index < -0.39 is 0 Å². The summed E-state index contributed by atoms with van der Waals surface area (Å²) < 4.78 is 0. The van der Waals surface area contributed by atoms with Crippen LogP contribution in [0, 0.1) is 0 Å². The zero-order valence-corrected chi connectivity index (χ0v) is 19.1. The van der Waals surface area contributed by atoms with E-state index in [1.807, 2.05) is 29.6 Å². The highest BCUT2D eigenvalue weighted by atomic mass is 32.1. The van der Waals surface area contributed by atoms with E-state index in [0.29, 0.717) is 18.7 Å². The summed E-state index contributed by atoms with van der Waals surface area (Å²) in [6, 6.07) is 7.45. The van der Waals surface area contributed by atoms with Crippen molar-refractivity contribution in [1.82, 2.24) is 15.4 Å². The third-order valence-electron chi connectivity index (χ3n) is 5.17. The molecule has 0 bridgehead atoms. The average Bonchev–Trinajstić information content (AvgIpc) is 3.25. The number of amides is 1. The molecule has 0 saturated heterocycles. The summed E-state index contributed by atoms with van der Waals surface area (Å²) in [5, 5.41) is 17.1. The SMILES string of the molecule is CCCCCCCCCCCCNC(=O)c1cccc(CN(O)Cc2nccs2)c1. The number of hydroxylamine groups is 2. The Morgan fingerprint density at radius 1 is 1.03 bits per heavy atom. The second-order valence-corrected chi connectivity index (χ2v) is 8.87. The van der Waals surface area contributed by atoms with Crippen LogP contribution in [-0.2, 0) is 13.1 Å². The predicted molar refractivity (Wildman–Crippen MR) is 124 cm³/mol. The number of carbonyl (C=O) groups is 1. The molecule has 0 atom stereocenters. The van der Waals surface area contributed by atoms with Gasteiger partial charge in [-0.1, -0.05) is 76.8 Å². The van der Waals surface area contributed by atoms with Gasteiger partial charge in [0.25, 0.3) is 5.91 Å². The Balaban J connectivity index is 1.58. The van der Waals surface area contributed by atoms with Crippen LogP contribution in [0.25, 0.3) is 0 Å². The fraction of sp³-hybridized carbons (Fsp3) is 0.583. The molecule has 5 nitrogen and oxygen atoms in total. The molecule has 2 aromatic rings. The van der Waals surface area contributed by atoms with Gasteiger partial charge in [0.05, 0.1) is 6.54 Å². The van der Waals surface area contributed by atoms with Gasteiger partial charge in [-0.05, 0) is 24.1 Å². The molecular formula is C24H37N3O2S. The second-order valence-electron chi connectivity index (χ2n) is 7.89. The van der Waals surface area contributed by atoms with Crippen molar-refractivity contribution in [1.29, 1.82) is 0 Å². The minimum atomic E-state index is -0.0443. The molecule has 0 aliphatic carbocycles. The quantitative estimate of drug-likeness (QED) is 0.246. The van der Waals surface area contributed by atoms with Crippen molar-refractivity contribution >= 4 is 17.2 Å². The first-order valence-corrected chi connectivity index (χ1v) is 12.3. The first-order valence-electron chi connectivity index (χ1n) is 11.4. The van der Waals surface area contributed by atoms with Gasteiger partial charge in [0, 0.05) is 30.2 Å². The molecule has 30 heavy (non-hydrogen) atoms. The van der Waals surface area contributed by atoms with Gasteiger partial charge in [0.2, 0.25) is 0 Å². The zero-order chi connectivity index (χ0) is 21.4. The van der Waals surface area contributed by atoms with E-state index in [-0.39, 0.29) is 5.91 Å². The Hall–Kier alpha value is -1.76. The minimum absolute atomic E-state index is 0.0443. The molecule has 0 saturated carbocycles. The van der Waals surface area contributed by atoms with Crippen LogP contribution in [0.5, 0.6) is 0 Å². The van der Waals surface area contributed by atoms with Gasteiger partial charge in [-0.2, -0.15) is 5.06 Å². The molecule has 0 aliphatic heterocycles. The smallest absolute Gasteiger partial charge is 0.251 e. The molecule has 1 heterocycles. The van der Waals surface area contributed by atoms with Crippen molar-refractivity contribution in [3.05, 3.63) is 52.0 Å². The van der Waals surface area contributed by atoms with Gasteiger partial charge in [-0.15, -0.1) is 11.3 Å². The number of nitrogens with zero attached hydrogens (tertiary/aromatic N) is 2. The lowest BCUT2D eigenvalue weighted by Gasteiger charge is -2.14. The van der Waals surface area contributed by atoms with Crippen molar-refractivity contribution in [3.63, 3.8) is 0 Å². The number of nitrogens with one attached hydrogen (secondary N) is 1. The number of rotatable bonds is 16. The van der Waals surface area contributed by atoms with E-state index in [9.17, 15) is 10.0 Å². The lowest BCUT2D eigenvalue weighted by atomic mass is 10.1. The van der Waals surface area contributed by atoms with E-state index in [1.54, 1.807) is 6.20 Å². The summed E-state index contributed by atoms with van der Waals surface area (Å²) >= 11 is 1.51. The van der Waals surface area contributed by atoms with Crippen LogP contribution in [0.3, 0.4) is 0 Å². The van der Waals surface area contributed by atoms with Crippen LogP contribution in [0.2, 0.25) is 0 Å². The Bertz CT molecular complexity index is 706. The van der Waals surface area contributed by atoms with Crippen molar-refractivity contribution in [2.45, 2.75) is 84.2 Å². The minimum Gasteiger partial charge on any atom is -0.352 e. The van der Waals surface area contributed by atoms with Gasteiger partial charge in [0.15, 0.2) is 0 Å². The topological polar surface area (TPSA) is 65.5 Å². The number of hydrogen-bond donors (Lipinski definition) is 2. The normalized spacial score (nSPS) is 11.2. The molecule has 2 N–H and O–H groups in total. The number of hydrogen-bond acceptors (Lipinski definition) is 5. The number of thiazole rings is 1. The van der Waals surface area contributed by atoms with Crippen LogP contribution in [0.4, 0.5) is 0 Å². The first kappa shape index (κ1) is 24.5. The van der Waals surface area contributed by atoms with Crippen molar-refractivity contribution in [2.75, 3.05) is 6.54 Å².